The van der Waals surface area contributed by atoms with Crippen molar-refractivity contribution in [2.75, 3.05) is 0 Å². The molecular weight excluding hydrogens is 280 g/mol. The molecule has 4 rings (SSSR count). The molecule has 0 amide bonds. The lowest BCUT2D eigenvalue weighted by Crippen LogP contribution is -2.44. The highest BCUT2D eigenvalue weighted by Gasteiger charge is 2.68. The van der Waals surface area contributed by atoms with E-state index in [4.69, 9.17) is 0 Å². The van der Waals surface area contributed by atoms with Crippen LogP contribution in [-0.2, 0) is 5.60 Å². The van der Waals surface area contributed by atoms with E-state index in [2.05, 4.69) is 69.3 Å². The molecule has 0 saturated heterocycles. The Hall–Kier alpha value is -1.60. The van der Waals surface area contributed by atoms with E-state index >= 15 is 0 Å². The van der Waals surface area contributed by atoms with Crippen LogP contribution in [0.3, 0.4) is 0 Å². The zero-order valence-electron chi connectivity index (χ0n) is 14.3. The number of hydrogen-bond donors (Lipinski definition) is 1. The molecule has 2 bridgehead atoms. The maximum absolute atomic E-state index is 11.6. The number of fused-ring (bicyclic) bond motifs is 2. The first-order valence-electron chi connectivity index (χ1n) is 8.77. The minimum absolute atomic E-state index is 0.0288. The Morgan fingerprint density at radius 2 is 1.48 bits per heavy atom. The largest absolute Gasteiger partial charge is 0.385 e. The number of rotatable bonds is 2. The molecule has 3 atom stereocenters. The van der Waals surface area contributed by atoms with E-state index in [0.29, 0.717) is 5.92 Å². The first-order chi connectivity index (χ1) is 10.9. The van der Waals surface area contributed by atoms with Gasteiger partial charge in [-0.25, -0.2) is 0 Å². The van der Waals surface area contributed by atoms with Gasteiger partial charge in [-0.15, -0.1) is 0 Å². The first kappa shape index (κ1) is 15.0. The monoisotopic (exact) mass is 306 g/mol. The summed E-state index contributed by atoms with van der Waals surface area (Å²) in [5.74, 6) is 0.631. The molecule has 2 fully saturated rings. The quantitative estimate of drug-likeness (QED) is 0.789. The second kappa shape index (κ2) is 4.70. The Balaban J connectivity index is 1.72. The smallest absolute Gasteiger partial charge is 0.0957 e. The van der Waals surface area contributed by atoms with Crippen LogP contribution in [0.2, 0.25) is 0 Å². The van der Waals surface area contributed by atoms with Gasteiger partial charge < -0.3 is 5.11 Å². The lowest BCUT2D eigenvalue weighted by molar-refractivity contribution is -0.0957. The molecule has 120 valence electrons. The van der Waals surface area contributed by atoms with Crippen molar-refractivity contribution in [3.05, 3.63) is 60.2 Å². The zero-order valence-corrected chi connectivity index (χ0v) is 14.3. The van der Waals surface area contributed by atoms with Crippen LogP contribution in [0.1, 0.15) is 45.6 Å². The number of benzene rings is 2. The molecule has 0 heterocycles. The minimum Gasteiger partial charge on any atom is -0.385 e. The molecule has 0 radical (unpaired) electrons. The van der Waals surface area contributed by atoms with E-state index in [-0.39, 0.29) is 10.8 Å². The fourth-order valence-corrected chi connectivity index (χ4v) is 5.28. The maximum atomic E-state index is 11.6. The molecule has 2 saturated carbocycles. The summed E-state index contributed by atoms with van der Waals surface area (Å²) in [5, 5.41) is 11.6. The first-order valence-corrected chi connectivity index (χ1v) is 8.77. The van der Waals surface area contributed by atoms with Crippen LogP contribution < -0.4 is 0 Å². The highest BCUT2D eigenvalue weighted by molar-refractivity contribution is 5.63. The number of hydrogen-bond acceptors (Lipinski definition) is 1. The Kier molecular flexibility index (Phi) is 3.06. The average molecular weight is 306 g/mol. The Bertz CT molecular complexity index is 715. The van der Waals surface area contributed by atoms with Crippen LogP contribution in [0.25, 0.3) is 11.1 Å². The third-order valence-electron chi connectivity index (χ3n) is 7.36. The van der Waals surface area contributed by atoms with Gasteiger partial charge >= 0.3 is 0 Å². The lowest BCUT2D eigenvalue weighted by atomic mass is 9.62. The maximum Gasteiger partial charge on any atom is 0.0957 e. The second-order valence-corrected chi connectivity index (χ2v) is 8.30. The van der Waals surface area contributed by atoms with Crippen LogP contribution >= 0.6 is 0 Å². The summed E-state index contributed by atoms with van der Waals surface area (Å²) in [6.07, 6.45) is 3.29. The molecule has 2 aliphatic carbocycles. The third kappa shape index (κ3) is 1.83. The van der Waals surface area contributed by atoms with Gasteiger partial charge in [-0.05, 0) is 47.3 Å². The van der Waals surface area contributed by atoms with E-state index in [0.717, 1.165) is 18.4 Å². The molecular formula is C22H26O. The third-order valence-corrected chi connectivity index (χ3v) is 7.36. The van der Waals surface area contributed by atoms with Gasteiger partial charge in [0.2, 0.25) is 0 Å². The second-order valence-electron chi connectivity index (χ2n) is 8.30. The van der Waals surface area contributed by atoms with Crippen molar-refractivity contribution in [2.24, 2.45) is 16.7 Å². The van der Waals surface area contributed by atoms with Crippen molar-refractivity contribution >= 4 is 0 Å². The van der Waals surface area contributed by atoms with Crippen molar-refractivity contribution in [1.82, 2.24) is 0 Å². The van der Waals surface area contributed by atoms with Crippen LogP contribution in [0.15, 0.2) is 54.6 Å². The highest BCUT2D eigenvalue weighted by atomic mass is 16.3. The summed E-state index contributed by atoms with van der Waals surface area (Å²) < 4.78 is 0. The Labute approximate surface area is 139 Å². The predicted octanol–water partition coefficient (Wildman–Crippen LogP) is 5.39. The van der Waals surface area contributed by atoms with Gasteiger partial charge in [0.15, 0.2) is 0 Å². The molecule has 2 aliphatic rings. The fraction of sp³-hybridized carbons (Fsp3) is 0.455. The lowest BCUT2D eigenvalue weighted by Gasteiger charge is -2.45. The van der Waals surface area contributed by atoms with Gasteiger partial charge in [-0.3, -0.25) is 0 Å². The van der Waals surface area contributed by atoms with Crippen LogP contribution in [-0.4, -0.2) is 5.11 Å². The van der Waals surface area contributed by atoms with Gasteiger partial charge in [0, 0.05) is 5.41 Å². The van der Waals surface area contributed by atoms with Crippen molar-refractivity contribution in [2.45, 2.75) is 45.6 Å². The zero-order chi connectivity index (χ0) is 16.3. The van der Waals surface area contributed by atoms with E-state index in [9.17, 15) is 5.11 Å². The standard InChI is InChI=1S/C22H26O/c1-20(2)19-13-14-21(20,3)22(23,15-19)18-11-9-17(10-12-18)16-7-5-4-6-8-16/h4-12,19,23H,13-15H2,1-3H3/t19-,21-,22+/m1/s1. The van der Waals surface area contributed by atoms with Crippen LogP contribution in [0.5, 0.6) is 0 Å². The van der Waals surface area contributed by atoms with E-state index < -0.39 is 5.60 Å². The number of aliphatic hydroxyl groups is 1. The van der Waals surface area contributed by atoms with Crippen molar-refractivity contribution in [1.29, 1.82) is 0 Å². The molecule has 0 aromatic heterocycles. The molecule has 0 spiro atoms. The van der Waals surface area contributed by atoms with Crippen molar-refractivity contribution in [3.63, 3.8) is 0 Å². The van der Waals surface area contributed by atoms with Crippen LogP contribution in [0.4, 0.5) is 0 Å². The van der Waals surface area contributed by atoms with Crippen molar-refractivity contribution in [3.8, 4) is 11.1 Å². The summed E-state index contributed by atoms with van der Waals surface area (Å²) in [6, 6.07) is 19.0. The predicted molar refractivity (Wildman–Crippen MR) is 95.0 cm³/mol. The van der Waals surface area contributed by atoms with Crippen molar-refractivity contribution < 1.29 is 5.11 Å². The molecule has 23 heavy (non-hydrogen) atoms. The summed E-state index contributed by atoms with van der Waals surface area (Å²) in [5.41, 5.74) is 3.03. The summed E-state index contributed by atoms with van der Waals surface area (Å²) in [4.78, 5) is 0. The summed E-state index contributed by atoms with van der Waals surface area (Å²) in [6.45, 7) is 6.99. The topological polar surface area (TPSA) is 20.2 Å². The fourth-order valence-electron chi connectivity index (χ4n) is 5.28. The van der Waals surface area contributed by atoms with E-state index in [1.54, 1.807) is 0 Å². The molecule has 0 unspecified atom stereocenters. The summed E-state index contributed by atoms with van der Waals surface area (Å²) >= 11 is 0. The van der Waals surface area contributed by atoms with Gasteiger partial charge in [-0.1, -0.05) is 75.4 Å². The molecule has 2 aromatic carbocycles. The molecule has 1 N–H and O–H groups in total. The molecule has 1 nitrogen and oxygen atoms in total. The van der Waals surface area contributed by atoms with E-state index in [1.165, 1.54) is 17.5 Å². The molecule has 1 heteroatoms. The normalized spacial score (nSPS) is 34.7. The van der Waals surface area contributed by atoms with Gasteiger partial charge in [0.25, 0.3) is 0 Å². The van der Waals surface area contributed by atoms with Crippen LogP contribution in [0, 0.1) is 16.7 Å². The Morgan fingerprint density at radius 1 is 0.870 bits per heavy atom. The average Bonchev–Trinajstić information content (AvgIpc) is 2.88. The molecule has 2 aromatic rings. The minimum atomic E-state index is -0.686. The van der Waals surface area contributed by atoms with Gasteiger partial charge in [-0.2, -0.15) is 0 Å². The van der Waals surface area contributed by atoms with E-state index in [1.807, 2.05) is 6.07 Å². The SMILES string of the molecule is CC1(C)[C@@H]2CC[C@@]1(C)[C@@](O)(c1ccc(-c3ccccc3)cc1)C2. The highest BCUT2D eigenvalue weighted by Crippen LogP contribution is 2.72. The van der Waals surface area contributed by atoms with Gasteiger partial charge in [0.1, 0.15) is 0 Å². The summed E-state index contributed by atoms with van der Waals surface area (Å²) in [7, 11) is 0. The molecule has 0 aliphatic heterocycles. The van der Waals surface area contributed by atoms with Gasteiger partial charge in [0.05, 0.1) is 5.60 Å². The Morgan fingerprint density at radius 3 is 2.00 bits per heavy atom.